The predicted molar refractivity (Wildman–Crippen MR) is 146 cm³/mol. The molecular formula is C31H44F2N3O2+. The van der Waals surface area contributed by atoms with Crippen molar-refractivity contribution in [2.45, 2.75) is 82.1 Å². The second-order valence-corrected chi connectivity index (χ2v) is 11.6. The molecule has 2 atom stereocenters. The van der Waals surface area contributed by atoms with Crippen molar-refractivity contribution in [3.8, 4) is 0 Å². The van der Waals surface area contributed by atoms with Gasteiger partial charge >= 0.3 is 5.91 Å². The van der Waals surface area contributed by atoms with Gasteiger partial charge in [0, 0.05) is 32.9 Å². The van der Waals surface area contributed by atoms with Crippen LogP contribution in [0.5, 0.6) is 0 Å². The summed E-state index contributed by atoms with van der Waals surface area (Å²) in [6.07, 6.45) is 16.5. The summed E-state index contributed by atoms with van der Waals surface area (Å²) in [5.74, 6) is -2.74. The summed E-state index contributed by atoms with van der Waals surface area (Å²) >= 11 is 0. The van der Waals surface area contributed by atoms with Crippen molar-refractivity contribution >= 4 is 11.8 Å². The number of carbonyl (C=O) groups excluding carboxylic acids is 2. The van der Waals surface area contributed by atoms with Crippen molar-refractivity contribution in [1.82, 2.24) is 10.2 Å². The van der Waals surface area contributed by atoms with E-state index in [1.165, 1.54) is 6.42 Å². The van der Waals surface area contributed by atoms with E-state index in [4.69, 9.17) is 0 Å². The number of quaternary nitrogens is 1. The van der Waals surface area contributed by atoms with Gasteiger partial charge < -0.3 is 10.2 Å². The Bertz CT molecular complexity index is 979. The third-order valence-electron chi connectivity index (χ3n) is 8.70. The predicted octanol–water partition coefficient (Wildman–Crippen LogP) is 4.35. The van der Waals surface area contributed by atoms with E-state index in [0.29, 0.717) is 24.8 Å². The molecule has 0 bridgehead atoms. The van der Waals surface area contributed by atoms with E-state index in [9.17, 15) is 18.4 Å². The van der Waals surface area contributed by atoms with Gasteiger partial charge in [0.25, 0.3) is 5.92 Å². The third kappa shape index (κ3) is 7.38. The van der Waals surface area contributed by atoms with E-state index in [1.807, 2.05) is 47.8 Å². The molecule has 1 aromatic rings. The van der Waals surface area contributed by atoms with Gasteiger partial charge in [0.2, 0.25) is 5.91 Å². The lowest BCUT2D eigenvalue weighted by Crippen LogP contribution is -2.95. The largest absolute Gasteiger partial charge is 0.349 e. The van der Waals surface area contributed by atoms with Gasteiger partial charge in [-0.25, -0.2) is 13.6 Å². The molecule has 7 heteroatoms. The Morgan fingerprint density at radius 2 is 1.79 bits per heavy atom. The number of amides is 2. The fraction of sp³-hybridized carbons (Fsp3) is 0.613. The highest BCUT2D eigenvalue weighted by Gasteiger charge is 2.46. The molecular weight excluding hydrogens is 484 g/mol. The van der Waals surface area contributed by atoms with Crippen LogP contribution in [-0.2, 0) is 15.0 Å². The first-order valence-corrected chi connectivity index (χ1v) is 14.4. The number of benzene rings is 1. The lowest BCUT2D eigenvalue weighted by molar-refractivity contribution is -0.613. The normalized spacial score (nSPS) is 22.6. The smallest absolute Gasteiger partial charge is 0.313 e. The number of unbranched alkanes of at least 4 members (excludes halogenated alkanes) is 1. The van der Waals surface area contributed by atoms with E-state index >= 15 is 0 Å². The molecule has 0 radical (unpaired) electrons. The van der Waals surface area contributed by atoms with Gasteiger partial charge in [0.05, 0.1) is 23.9 Å². The van der Waals surface area contributed by atoms with E-state index < -0.39 is 17.9 Å². The number of piperidine rings is 1. The number of allylic oxidation sites excluding steroid dienone is 4. The maximum atomic E-state index is 13.8. The Labute approximate surface area is 226 Å². The number of nitrogens with zero attached hydrogens (tertiary/aromatic N) is 1. The van der Waals surface area contributed by atoms with E-state index in [-0.39, 0.29) is 17.7 Å². The summed E-state index contributed by atoms with van der Waals surface area (Å²) in [4.78, 5) is 28.6. The Balaban J connectivity index is 1.36. The van der Waals surface area contributed by atoms with Crippen molar-refractivity contribution in [2.24, 2.45) is 11.8 Å². The van der Waals surface area contributed by atoms with Crippen LogP contribution in [0, 0.1) is 11.8 Å². The Hall–Kier alpha value is -2.38. The molecule has 2 unspecified atom stereocenters. The molecule has 2 amide bonds. The maximum absolute atomic E-state index is 13.8. The lowest BCUT2D eigenvalue weighted by Gasteiger charge is -2.40. The molecule has 4 rings (SSSR count). The maximum Gasteiger partial charge on any atom is 0.313 e. The fourth-order valence-electron chi connectivity index (χ4n) is 6.18. The quantitative estimate of drug-likeness (QED) is 0.397. The van der Waals surface area contributed by atoms with Crippen molar-refractivity contribution in [2.75, 3.05) is 26.2 Å². The summed E-state index contributed by atoms with van der Waals surface area (Å²) in [7, 11) is 0. The number of nitrogens with one attached hydrogen (secondary N) is 1. The van der Waals surface area contributed by atoms with Crippen LogP contribution in [0.15, 0.2) is 54.6 Å². The SMILES string of the molecule is CC(F)(F)CNC(=O)C(CCCCN1CCC([NH2+]C(=O)C2CCC2)CC1)(c1ccccc1)C1C=CC=CC1. The summed E-state index contributed by atoms with van der Waals surface area (Å²) in [6, 6.07) is 10.1. The number of hydrogen-bond donors (Lipinski definition) is 2. The molecule has 38 heavy (non-hydrogen) atoms. The fourth-order valence-corrected chi connectivity index (χ4v) is 6.18. The van der Waals surface area contributed by atoms with Crippen LogP contribution >= 0.6 is 0 Å². The van der Waals surface area contributed by atoms with Crippen molar-refractivity contribution in [3.05, 3.63) is 60.2 Å². The van der Waals surface area contributed by atoms with Crippen molar-refractivity contribution in [1.29, 1.82) is 0 Å². The van der Waals surface area contributed by atoms with Gasteiger partial charge in [-0.15, -0.1) is 0 Å². The van der Waals surface area contributed by atoms with Crippen LogP contribution in [0.1, 0.15) is 70.3 Å². The highest BCUT2D eigenvalue weighted by Crippen LogP contribution is 2.42. The molecule has 1 heterocycles. The molecule has 0 spiro atoms. The number of alkyl halides is 2. The molecule has 0 aromatic heterocycles. The number of rotatable bonds is 12. The van der Waals surface area contributed by atoms with Crippen LogP contribution in [0.3, 0.4) is 0 Å². The van der Waals surface area contributed by atoms with Crippen LogP contribution in [0.4, 0.5) is 8.78 Å². The zero-order valence-electron chi connectivity index (χ0n) is 22.7. The molecule has 3 N–H and O–H groups in total. The van der Waals surface area contributed by atoms with Gasteiger partial charge in [0.15, 0.2) is 0 Å². The number of nitrogens with two attached hydrogens (primary N) is 1. The average Bonchev–Trinajstić information content (AvgIpc) is 2.88. The standard InChI is InChI=1S/C31H43F2N3O2/c1-30(32,33)23-34-29(38)31(25-13-4-2-5-14-25,26-15-6-3-7-16-26)19-8-9-20-36-21-17-27(18-22-36)35-28(37)24-11-10-12-24/h2-7,13-15,24,26-27H,8-12,16-23H2,1H3,(H,34,38)(H,35,37)/p+1. The van der Waals surface area contributed by atoms with Gasteiger partial charge in [-0.1, -0.05) is 67.5 Å². The molecule has 1 saturated heterocycles. The topological polar surface area (TPSA) is 66.0 Å². The van der Waals surface area contributed by atoms with Crippen LogP contribution in [0.25, 0.3) is 0 Å². The number of likely N-dealkylation sites (tertiary alicyclic amines) is 1. The number of carbonyl (C=O) groups is 2. The minimum absolute atomic E-state index is 0.0973. The monoisotopic (exact) mass is 528 g/mol. The lowest BCUT2D eigenvalue weighted by atomic mass is 9.64. The summed E-state index contributed by atoms with van der Waals surface area (Å²) in [5, 5.41) is 4.60. The van der Waals surface area contributed by atoms with E-state index in [2.05, 4.69) is 22.4 Å². The summed E-state index contributed by atoms with van der Waals surface area (Å²) in [5.41, 5.74) is -0.0215. The second kappa shape index (κ2) is 13.1. The highest BCUT2D eigenvalue weighted by molar-refractivity contribution is 5.89. The Kier molecular flexibility index (Phi) is 9.88. The molecule has 208 valence electrons. The highest BCUT2D eigenvalue weighted by atomic mass is 19.3. The van der Waals surface area contributed by atoms with Gasteiger partial charge in [-0.2, -0.15) is 0 Å². The minimum atomic E-state index is -2.97. The summed E-state index contributed by atoms with van der Waals surface area (Å²) in [6.45, 7) is 3.10. The molecule has 5 nitrogen and oxygen atoms in total. The molecule has 1 aliphatic heterocycles. The zero-order valence-corrected chi connectivity index (χ0v) is 22.7. The molecule has 1 aromatic carbocycles. The molecule has 2 aliphatic carbocycles. The van der Waals surface area contributed by atoms with Crippen LogP contribution in [0.2, 0.25) is 0 Å². The molecule has 2 fully saturated rings. The second-order valence-electron chi connectivity index (χ2n) is 11.6. The Morgan fingerprint density at radius 1 is 1.05 bits per heavy atom. The van der Waals surface area contributed by atoms with Crippen molar-refractivity contribution < 1.29 is 23.7 Å². The van der Waals surface area contributed by atoms with E-state index in [0.717, 1.165) is 70.6 Å². The number of hydrogen-bond acceptors (Lipinski definition) is 3. The van der Waals surface area contributed by atoms with Crippen molar-refractivity contribution in [3.63, 3.8) is 0 Å². The minimum Gasteiger partial charge on any atom is -0.349 e. The summed E-state index contributed by atoms with van der Waals surface area (Å²) < 4.78 is 27.4. The first-order chi connectivity index (χ1) is 18.3. The van der Waals surface area contributed by atoms with Crippen LogP contribution < -0.4 is 10.6 Å². The van der Waals surface area contributed by atoms with Gasteiger partial charge in [-0.3, -0.25) is 10.1 Å². The first-order valence-electron chi connectivity index (χ1n) is 14.4. The zero-order chi connectivity index (χ0) is 27.0. The van der Waals surface area contributed by atoms with E-state index in [1.54, 1.807) is 0 Å². The first kappa shape index (κ1) is 28.6. The third-order valence-corrected chi connectivity index (χ3v) is 8.70. The van der Waals surface area contributed by atoms with Gasteiger partial charge in [-0.05, 0) is 50.1 Å². The van der Waals surface area contributed by atoms with Gasteiger partial charge in [0.1, 0.15) is 0 Å². The average molecular weight is 529 g/mol. The molecule has 1 saturated carbocycles. The van der Waals surface area contributed by atoms with Crippen LogP contribution in [-0.4, -0.2) is 54.9 Å². The number of primary amides is 1. The Morgan fingerprint density at radius 3 is 2.39 bits per heavy atom. The number of halogens is 2. The molecule has 3 aliphatic rings.